The van der Waals surface area contributed by atoms with Crippen molar-refractivity contribution in [2.24, 2.45) is 4.99 Å². The number of carbonyl (C=O) groups is 1. The van der Waals surface area contributed by atoms with E-state index < -0.39 is 0 Å². The van der Waals surface area contributed by atoms with Gasteiger partial charge in [0.25, 0.3) is 0 Å². The number of ketones is 1. The van der Waals surface area contributed by atoms with Gasteiger partial charge < -0.3 is 10.1 Å². The van der Waals surface area contributed by atoms with Gasteiger partial charge in [-0.05, 0) is 50.0 Å². The van der Waals surface area contributed by atoms with Crippen molar-refractivity contribution < 1.29 is 9.53 Å². The molecule has 0 aromatic heterocycles. The SMILES string of the molecule is O=C1C=C(NCCCOc2ccc(CN3CCCCC3)cc2)N=CC1. The van der Waals surface area contributed by atoms with Gasteiger partial charge in [0.2, 0.25) is 0 Å². The lowest BCUT2D eigenvalue weighted by atomic mass is 10.1. The summed E-state index contributed by atoms with van der Waals surface area (Å²) in [4.78, 5) is 17.9. The van der Waals surface area contributed by atoms with Crippen LogP contribution in [0.4, 0.5) is 0 Å². The van der Waals surface area contributed by atoms with Crippen LogP contribution in [0.2, 0.25) is 0 Å². The summed E-state index contributed by atoms with van der Waals surface area (Å²) in [5, 5.41) is 3.15. The number of piperidine rings is 1. The molecule has 2 aliphatic heterocycles. The second-order valence-corrected chi connectivity index (χ2v) is 6.62. The normalized spacial score (nSPS) is 18.1. The maximum atomic E-state index is 11.3. The summed E-state index contributed by atoms with van der Waals surface area (Å²) in [6.07, 6.45) is 8.49. The monoisotopic (exact) mass is 341 g/mol. The minimum absolute atomic E-state index is 0.0957. The molecule has 1 aromatic rings. The third-order valence-corrected chi connectivity index (χ3v) is 4.49. The molecule has 2 aliphatic rings. The first-order valence-corrected chi connectivity index (χ1v) is 9.25. The first kappa shape index (κ1) is 17.7. The Bertz CT molecular complexity index is 616. The van der Waals surface area contributed by atoms with Gasteiger partial charge in [0.1, 0.15) is 11.6 Å². The zero-order valence-electron chi connectivity index (χ0n) is 14.7. The van der Waals surface area contributed by atoms with Crippen LogP contribution in [0.3, 0.4) is 0 Å². The third-order valence-electron chi connectivity index (χ3n) is 4.49. The zero-order valence-corrected chi connectivity index (χ0v) is 14.7. The van der Waals surface area contributed by atoms with Gasteiger partial charge >= 0.3 is 0 Å². The van der Waals surface area contributed by atoms with Crippen LogP contribution in [-0.2, 0) is 11.3 Å². The predicted molar refractivity (Wildman–Crippen MR) is 99.9 cm³/mol. The molecular formula is C20H27N3O2. The first-order chi connectivity index (χ1) is 12.3. The highest BCUT2D eigenvalue weighted by Gasteiger charge is 2.10. The number of hydrogen-bond acceptors (Lipinski definition) is 5. The van der Waals surface area contributed by atoms with Crippen LogP contribution >= 0.6 is 0 Å². The van der Waals surface area contributed by atoms with Crippen LogP contribution in [0.15, 0.2) is 41.2 Å². The summed E-state index contributed by atoms with van der Waals surface area (Å²) in [5.41, 5.74) is 1.35. The minimum atomic E-state index is 0.0957. The summed E-state index contributed by atoms with van der Waals surface area (Å²) in [7, 11) is 0. The van der Waals surface area contributed by atoms with Gasteiger partial charge in [-0.2, -0.15) is 0 Å². The van der Waals surface area contributed by atoms with Crippen LogP contribution in [0.5, 0.6) is 5.75 Å². The number of nitrogens with one attached hydrogen (secondary N) is 1. The lowest BCUT2D eigenvalue weighted by Gasteiger charge is -2.26. The number of ether oxygens (including phenoxy) is 1. The number of rotatable bonds is 8. The number of carbonyl (C=O) groups excluding carboxylic acids is 1. The zero-order chi connectivity index (χ0) is 17.3. The van der Waals surface area contributed by atoms with Crippen LogP contribution < -0.4 is 10.1 Å². The molecule has 1 saturated heterocycles. The van der Waals surface area contributed by atoms with E-state index in [-0.39, 0.29) is 5.78 Å². The quantitative estimate of drug-likeness (QED) is 0.739. The van der Waals surface area contributed by atoms with Gasteiger partial charge in [-0.15, -0.1) is 0 Å². The molecule has 0 aliphatic carbocycles. The molecule has 0 saturated carbocycles. The van der Waals surface area contributed by atoms with E-state index in [2.05, 4.69) is 39.5 Å². The summed E-state index contributed by atoms with van der Waals surface area (Å²) < 4.78 is 5.78. The second-order valence-electron chi connectivity index (χ2n) is 6.62. The Morgan fingerprint density at radius 2 is 1.92 bits per heavy atom. The average Bonchev–Trinajstić information content (AvgIpc) is 2.64. The van der Waals surface area contributed by atoms with Crippen molar-refractivity contribution in [1.29, 1.82) is 0 Å². The Morgan fingerprint density at radius 3 is 2.68 bits per heavy atom. The smallest absolute Gasteiger partial charge is 0.164 e. The summed E-state index contributed by atoms with van der Waals surface area (Å²) in [6, 6.07) is 8.43. The van der Waals surface area contributed by atoms with Crippen molar-refractivity contribution in [2.45, 2.75) is 38.6 Å². The van der Waals surface area contributed by atoms with E-state index in [0.29, 0.717) is 18.8 Å². The van der Waals surface area contributed by atoms with E-state index in [1.807, 2.05) is 0 Å². The number of nitrogens with zero attached hydrogens (tertiary/aromatic N) is 2. The van der Waals surface area contributed by atoms with Crippen LogP contribution in [0.25, 0.3) is 0 Å². The van der Waals surface area contributed by atoms with Gasteiger partial charge in [0, 0.05) is 31.8 Å². The highest BCUT2D eigenvalue weighted by Crippen LogP contribution is 2.16. The van der Waals surface area contributed by atoms with Gasteiger partial charge in [-0.3, -0.25) is 9.69 Å². The Hall–Kier alpha value is -2.14. The van der Waals surface area contributed by atoms with Crippen molar-refractivity contribution in [1.82, 2.24) is 10.2 Å². The molecule has 0 atom stereocenters. The molecule has 3 rings (SSSR count). The van der Waals surface area contributed by atoms with E-state index in [0.717, 1.165) is 25.3 Å². The molecule has 2 heterocycles. The fourth-order valence-corrected chi connectivity index (χ4v) is 3.12. The van der Waals surface area contributed by atoms with E-state index in [1.54, 1.807) is 12.3 Å². The van der Waals surface area contributed by atoms with Gasteiger partial charge in [-0.1, -0.05) is 18.6 Å². The molecular weight excluding hydrogens is 314 g/mol. The van der Waals surface area contributed by atoms with Gasteiger partial charge in [0.05, 0.1) is 6.61 Å². The third kappa shape index (κ3) is 6.02. The average molecular weight is 341 g/mol. The van der Waals surface area contributed by atoms with E-state index in [9.17, 15) is 4.79 Å². The highest BCUT2D eigenvalue weighted by atomic mass is 16.5. The Labute approximate surface area is 149 Å². The Balaban J connectivity index is 1.33. The molecule has 134 valence electrons. The highest BCUT2D eigenvalue weighted by molar-refractivity contribution is 6.01. The number of likely N-dealkylation sites (tertiary alicyclic amines) is 1. The summed E-state index contributed by atoms with van der Waals surface area (Å²) in [5.74, 6) is 1.66. The molecule has 5 heteroatoms. The molecule has 0 radical (unpaired) electrons. The minimum Gasteiger partial charge on any atom is -0.494 e. The number of benzene rings is 1. The standard InChI is InChI=1S/C20H27N3O2/c24-18-9-11-22-20(15-18)21-10-4-14-25-19-7-5-17(6-8-19)16-23-12-2-1-3-13-23/h5-8,11,15,21H,1-4,9-10,12-14,16H2. The lowest BCUT2D eigenvalue weighted by molar-refractivity contribution is -0.113. The molecule has 0 unspecified atom stereocenters. The van der Waals surface area contributed by atoms with E-state index >= 15 is 0 Å². The van der Waals surface area contributed by atoms with Crippen molar-refractivity contribution in [2.75, 3.05) is 26.2 Å². The van der Waals surface area contributed by atoms with Crippen LogP contribution in [0.1, 0.15) is 37.7 Å². The lowest BCUT2D eigenvalue weighted by Crippen LogP contribution is -2.29. The predicted octanol–water partition coefficient (Wildman–Crippen LogP) is 2.92. The van der Waals surface area contributed by atoms with Crippen molar-refractivity contribution in [3.8, 4) is 5.75 Å². The summed E-state index contributed by atoms with van der Waals surface area (Å²) in [6.45, 7) is 4.86. The Kier molecular flexibility index (Phi) is 6.63. The van der Waals surface area contributed by atoms with Gasteiger partial charge in [-0.25, -0.2) is 4.99 Å². The number of aliphatic imine (C=N–C) groups is 1. The second kappa shape index (κ2) is 9.37. The largest absolute Gasteiger partial charge is 0.494 e. The van der Waals surface area contributed by atoms with Crippen molar-refractivity contribution in [3.63, 3.8) is 0 Å². The molecule has 0 amide bonds. The fraction of sp³-hybridized carbons (Fsp3) is 0.500. The van der Waals surface area contributed by atoms with Crippen molar-refractivity contribution >= 4 is 12.0 Å². The van der Waals surface area contributed by atoms with Crippen molar-refractivity contribution in [3.05, 3.63) is 41.7 Å². The molecule has 0 spiro atoms. The van der Waals surface area contributed by atoms with Crippen LogP contribution in [0, 0.1) is 0 Å². The summed E-state index contributed by atoms with van der Waals surface area (Å²) >= 11 is 0. The van der Waals surface area contributed by atoms with E-state index in [1.165, 1.54) is 37.9 Å². The maximum absolute atomic E-state index is 11.3. The Morgan fingerprint density at radius 1 is 1.12 bits per heavy atom. The molecule has 1 fully saturated rings. The maximum Gasteiger partial charge on any atom is 0.164 e. The first-order valence-electron chi connectivity index (χ1n) is 9.25. The molecule has 25 heavy (non-hydrogen) atoms. The molecule has 1 N–H and O–H groups in total. The topological polar surface area (TPSA) is 53.9 Å². The molecule has 1 aromatic carbocycles. The molecule has 0 bridgehead atoms. The van der Waals surface area contributed by atoms with E-state index in [4.69, 9.17) is 4.74 Å². The molecule has 5 nitrogen and oxygen atoms in total. The van der Waals surface area contributed by atoms with Crippen LogP contribution in [-0.4, -0.2) is 43.1 Å². The van der Waals surface area contributed by atoms with Gasteiger partial charge in [0.15, 0.2) is 5.78 Å². The number of allylic oxidation sites excluding steroid dienone is 1. The number of hydrogen-bond donors (Lipinski definition) is 1. The fourth-order valence-electron chi connectivity index (χ4n) is 3.12.